The smallest absolute Gasteiger partial charge is 0.0620 e. The van der Waals surface area contributed by atoms with Gasteiger partial charge in [0.05, 0.1) is 0 Å². The second-order valence-electron chi connectivity index (χ2n) is 11.9. The lowest BCUT2D eigenvalue weighted by atomic mass is 9.86. The molecular weight excluding hydrogens is 485 g/mol. The van der Waals surface area contributed by atoms with Crippen LogP contribution in [0.5, 0.6) is 0 Å². The van der Waals surface area contributed by atoms with E-state index in [1.807, 2.05) is 0 Å². The van der Waals surface area contributed by atoms with Crippen molar-refractivity contribution >= 4 is 14.0 Å². The lowest BCUT2D eigenvalue weighted by Crippen LogP contribution is -2.38. The van der Waals surface area contributed by atoms with Crippen LogP contribution in [0.1, 0.15) is 66.7 Å². The summed E-state index contributed by atoms with van der Waals surface area (Å²) in [7, 11) is -1.09. The van der Waals surface area contributed by atoms with Crippen molar-refractivity contribution in [3.05, 3.63) is 147 Å². The highest BCUT2D eigenvalue weighted by Crippen LogP contribution is 2.56. The van der Waals surface area contributed by atoms with Crippen LogP contribution in [0.15, 0.2) is 91.0 Å². The lowest BCUT2D eigenvalue weighted by molar-refractivity contribution is 1.04. The molecule has 5 aromatic carbocycles. The van der Waals surface area contributed by atoms with Gasteiger partial charge in [0.1, 0.15) is 8.80 Å². The van der Waals surface area contributed by atoms with Crippen molar-refractivity contribution < 1.29 is 0 Å². The molecule has 0 atom stereocenters. The molecule has 0 fully saturated rings. The molecule has 0 spiro atoms. The zero-order chi connectivity index (χ0) is 27.0. The molecule has 0 aromatic heterocycles. The van der Waals surface area contributed by atoms with E-state index in [2.05, 4.69) is 133 Å². The molecular formula is C38H35Si. The van der Waals surface area contributed by atoms with Crippen molar-refractivity contribution in [3.63, 3.8) is 0 Å². The Morgan fingerprint density at radius 1 is 0.436 bits per heavy atom. The third kappa shape index (κ3) is 3.56. The van der Waals surface area contributed by atoms with E-state index in [0.29, 0.717) is 11.1 Å². The molecule has 0 saturated heterocycles. The van der Waals surface area contributed by atoms with E-state index in [9.17, 15) is 0 Å². The van der Waals surface area contributed by atoms with E-state index in [0.717, 1.165) is 0 Å². The second-order valence-corrected chi connectivity index (χ2v) is 14.4. The number of rotatable bonds is 3. The minimum absolute atomic E-state index is 0.476. The maximum Gasteiger partial charge on any atom is 0.112 e. The molecule has 0 N–H and O–H groups in total. The van der Waals surface area contributed by atoms with Gasteiger partial charge in [-0.3, -0.25) is 0 Å². The van der Waals surface area contributed by atoms with Gasteiger partial charge in [0.2, 0.25) is 0 Å². The van der Waals surface area contributed by atoms with Gasteiger partial charge in [-0.15, -0.1) is 0 Å². The van der Waals surface area contributed by atoms with Crippen molar-refractivity contribution in [2.24, 2.45) is 0 Å². The van der Waals surface area contributed by atoms with Crippen LogP contribution in [0.2, 0.25) is 0 Å². The van der Waals surface area contributed by atoms with Gasteiger partial charge < -0.3 is 0 Å². The number of hydrogen-bond acceptors (Lipinski definition) is 0. The molecule has 191 valence electrons. The second kappa shape index (κ2) is 8.93. The molecule has 1 radical (unpaired) electrons. The van der Waals surface area contributed by atoms with E-state index in [1.54, 1.807) is 27.4 Å². The number of benzene rings is 5. The highest BCUT2D eigenvalue weighted by molar-refractivity contribution is 6.81. The average Bonchev–Trinajstić information content (AvgIpc) is 3.40. The van der Waals surface area contributed by atoms with Crippen molar-refractivity contribution in [1.29, 1.82) is 0 Å². The molecule has 0 aliphatic carbocycles. The molecule has 1 heteroatoms. The Kier molecular flexibility index (Phi) is 5.58. The third-order valence-electron chi connectivity index (χ3n) is 9.10. The Bertz CT molecular complexity index is 1570. The third-order valence-corrected chi connectivity index (χ3v) is 12.7. The zero-order valence-corrected chi connectivity index (χ0v) is 24.8. The first-order valence-corrected chi connectivity index (χ1v) is 15.8. The first-order valence-electron chi connectivity index (χ1n) is 14.2. The Labute approximate surface area is 235 Å². The maximum absolute atomic E-state index is 2.42. The Morgan fingerprint density at radius 3 is 1.10 bits per heavy atom. The van der Waals surface area contributed by atoms with Crippen LogP contribution in [0.3, 0.4) is 0 Å². The average molecular weight is 520 g/mol. The molecule has 2 bridgehead atoms. The van der Waals surface area contributed by atoms with Crippen molar-refractivity contribution in [3.8, 4) is 22.3 Å². The standard InChI is InChI=1S/C38H35Si/c1-22-18-24(3)34(25(4)19-22)32-16-11-17-33(35-26(5)20-23(2)21-27(35)6)38(32)39-36-28-12-7-8-13-29(28)37(39)31-15-10-9-14-30(31)36/h7-21,36-37H,1-6H3. The summed E-state index contributed by atoms with van der Waals surface area (Å²) in [5.74, 6) is 0. The molecule has 2 heterocycles. The lowest BCUT2D eigenvalue weighted by Gasteiger charge is -2.27. The fraction of sp³-hybridized carbons (Fsp3) is 0.211. The fourth-order valence-corrected chi connectivity index (χ4v) is 12.4. The van der Waals surface area contributed by atoms with Gasteiger partial charge in [-0.25, -0.2) is 0 Å². The van der Waals surface area contributed by atoms with Crippen LogP contribution in [-0.2, 0) is 0 Å². The van der Waals surface area contributed by atoms with Crippen molar-refractivity contribution in [2.45, 2.75) is 52.6 Å². The molecule has 39 heavy (non-hydrogen) atoms. The van der Waals surface area contributed by atoms with E-state index in [-0.39, 0.29) is 0 Å². The SMILES string of the molecule is Cc1cc(C)c(-c2cccc(-c3c(C)cc(C)cc3C)c2[Si]2C3c4ccccc4C2c2ccccc23)c(C)c1. The number of aryl methyl sites for hydroxylation is 6. The summed E-state index contributed by atoms with van der Waals surface area (Å²) in [4.78, 5) is 0. The van der Waals surface area contributed by atoms with Gasteiger partial charge >= 0.3 is 0 Å². The molecule has 2 aliphatic rings. The van der Waals surface area contributed by atoms with Crippen LogP contribution >= 0.6 is 0 Å². The topological polar surface area (TPSA) is 0 Å². The van der Waals surface area contributed by atoms with Gasteiger partial charge in [0.15, 0.2) is 0 Å². The molecule has 0 nitrogen and oxygen atoms in total. The van der Waals surface area contributed by atoms with E-state index in [1.165, 1.54) is 55.6 Å². The Hall–Kier alpha value is -3.68. The predicted octanol–water partition coefficient (Wildman–Crippen LogP) is 8.94. The van der Waals surface area contributed by atoms with Crippen LogP contribution in [-0.4, -0.2) is 8.80 Å². The van der Waals surface area contributed by atoms with Crippen LogP contribution in [0.25, 0.3) is 22.3 Å². The van der Waals surface area contributed by atoms with Crippen LogP contribution in [0, 0.1) is 41.5 Å². The van der Waals surface area contributed by atoms with Gasteiger partial charge in [-0.2, -0.15) is 0 Å². The summed E-state index contributed by atoms with van der Waals surface area (Å²) in [6.45, 7) is 13.7. The minimum atomic E-state index is -1.09. The molecule has 7 rings (SSSR count). The molecule has 0 saturated carbocycles. The summed E-state index contributed by atoms with van der Waals surface area (Å²) in [6.07, 6.45) is 0. The fourth-order valence-electron chi connectivity index (χ4n) is 8.02. The van der Waals surface area contributed by atoms with Crippen molar-refractivity contribution in [2.75, 3.05) is 0 Å². The van der Waals surface area contributed by atoms with E-state index < -0.39 is 8.80 Å². The molecule has 2 aliphatic heterocycles. The normalized spacial score (nSPS) is 17.4. The quantitative estimate of drug-likeness (QED) is 0.209. The summed E-state index contributed by atoms with van der Waals surface area (Å²) in [5.41, 5.74) is 21.2. The van der Waals surface area contributed by atoms with E-state index >= 15 is 0 Å². The zero-order valence-electron chi connectivity index (χ0n) is 23.8. The number of hydrogen-bond donors (Lipinski definition) is 0. The number of fused-ring (bicyclic) bond motifs is 8. The Balaban J connectivity index is 1.59. The highest BCUT2D eigenvalue weighted by Gasteiger charge is 2.52. The summed E-state index contributed by atoms with van der Waals surface area (Å²) in [5, 5.41) is 1.62. The maximum atomic E-state index is 2.42. The Morgan fingerprint density at radius 2 is 0.769 bits per heavy atom. The van der Waals surface area contributed by atoms with Crippen LogP contribution in [0.4, 0.5) is 0 Å². The predicted molar refractivity (Wildman–Crippen MR) is 168 cm³/mol. The monoisotopic (exact) mass is 519 g/mol. The van der Waals surface area contributed by atoms with Gasteiger partial charge in [0, 0.05) is 11.1 Å². The van der Waals surface area contributed by atoms with Gasteiger partial charge in [-0.1, -0.05) is 102 Å². The first kappa shape index (κ1) is 24.4. The summed E-state index contributed by atoms with van der Waals surface area (Å²) < 4.78 is 0. The van der Waals surface area contributed by atoms with Gasteiger partial charge in [-0.05, 0) is 113 Å². The minimum Gasteiger partial charge on any atom is -0.0620 e. The van der Waals surface area contributed by atoms with E-state index in [4.69, 9.17) is 0 Å². The molecule has 0 unspecified atom stereocenters. The summed E-state index contributed by atoms with van der Waals surface area (Å²) in [6, 6.07) is 35.3. The summed E-state index contributed by atoms with van der Waals surface area (Å²) >= 11 is 0. The first-order chi connectivity index (χ1) is 18.8. The highest BCUT2D eigenvalue weighted by atomic mass is 28.3. The molecule has 5 aromatic rings. The van der Waals surface area contributed by atoms with Crippen molar-refractivity contribution in [1.82, 2.24) is 0 Å². The molecule has 0 amide bonds. The van der Waals surface area contributed by atoms with Gasteiger partial charge in [0.25, 0.3) is 0 Å². The van der Waals surface area contributed by atoms with Crippen LogP contribution < -0.4 is 5.19 Å². The largest absolute Gasteiger partial charge is 0.112 e.